The maximum absolute atomic E-state index is 12.2. The van der Waals surface area contributed by atoms with Gasteiger partial charge >= 0.3 is 0 Å². The molecule has 156 valence electrons. The van der Waals surface area contributed by atoms with Crippen molar-refractivity contribution in [2.45, 2.75) is 64.5 Å². The second-order valence-electron chi connectivity index (χ2n) is 8.37. The van der Waals surface area contributed by atoms with Crippen molar-refractivity contribution in [1.29, 1.82) is 0 Å². The van der Waals surface area contributed by atoms with Crippen molar-refractivity contribution in [3.05, 3.63) is 0 Å². The van der Waals surface area contributed by atoms with Crippen LogP contribution in [0.25, 0.3) is 0 Å². The highest BCUT2D eigenvalue weighted by molar-refractivity contribution is 5.75. The first kappa shape index (κ1) is 25.3. The molecule has 0 aromatic carbocycles. The van der Waals surface area contributed by atoms with Crippen molar-refractivity contribution >= 4 is 5.91 Å². The van der Waals surface area contributed by atoms with E-state index in [1.165, 1.54) is 0 Å². The van der Waals surface area contributed by atoms with Crippen molar-refractivity contribution in [3.63, 3.8) is 0 Å². The van der Waals surface area contributed by atoms with E-state index in [1.54, 1.807) is 0 Å². The van der Waals surface area contributed by atoms with Gasteiger partial charge in [-0.3, -0.25) is 4.79 Å². The summed E-state index contributed by atoms with van der Waals surface area (Å²) in [7, 11) is 1.88. The van der Waals surface area contributed by atoms with Gasteiger partial charge in [-0.2, -0.15) is 0 Å². The van der Waals surface area contributed by atoms with Crippen LogP contribution in [0.5, 0.6) is 0 Å². The van der Waals surface area contributed by atoms with Crippen LogP contribution in [0, 0.1) is 0 Å². The van der Waals surface area contributed by atoms with Gasteiger partial charge in [0.15, 0.2) is 0 Å². The number of carbonyl (C=O) groups is 1. The molecular formula is C19H43N5O2. The topological polar surface area (TPSA) is 103 Å². The lowest BCUT2D eigenvalue weighted by atomic mass is 10.00. The summed E-state index contributed by atoms with van der Waals surface area (Å²) in [5.41, 5.74) is 5.28. The predicted octanol–water partition coefficient (Wildman–Crippen LogP) is 0.282. The van der Waals surface area contributed by atoms with Crippen LogP contribution in [0.3, 0.4) is 0 Å². The van der Waals surface area contributed by atoms with E-state index in [0.717, 1.165) is 38.9 Å². The molecule has 0 rings (SSSR count). The Morgan fingerprint density at radius 3 is 2.31 bits per heavy atom. The van der Waals surface area contributed by atoms with Gasteiger partial charge in [-0.05, 0) is 47.1 Å². The van der Waals surface area contributed by atoms with Gasteiger partial charge in [0, 0.05) is 57.3 Å². The number of nitrogens with zero attached hydrogens (tertiary/aromatic N) is 1. The highest BCUT2D eigenvalue weighted by atomic mass is 16.3. The van der Waals surface area contributed by atoms with E-state index in [0.29, 0.717) is 26.1 Å². The number of aliphatic hydroxyl groups is 1. The lowest BCUT2D eigenvalue weighted by Crippen LogP contribution is -2.57. The second-order valence-corrected chi connectivity index (χ2v) is 8.37. The van der Waals surface area contributed by atoms with Crippen molar-refractivity contribution in [2.75, 3.05) is 52.9 Å². The SMILES string of the molecule is CN(CC(C)(C)NCC(C)(C)NCCNCCO)C(=O)CCCCCN. The number of likely N-dealkylation sites (N-methyl/N-ethyl adjacent to an activating group) is 1. The standard InChI is InChI=1S/C19H43N5O2/c1-18(2,22-12-11-21-13-14-25)15-23-19(3,4)16-24(5)17(26)9-7-6-8-10-20/h21-23,25H,6-16,20H2,1-5H3. The number of carbonyl (C=O) groups excluding carboxylic acids is 1. The summed E-state index contributed by atoms with van der Waals surface area (Å²) in [6.07, 6.45) is 3.52. The minimum atomic E-state index is -0.157. The van der Waals surface area contributed by atoms with Gasteiger partial charge < -0.3 is 31.7 Å². The van der Waals surface area contributed by atoms with E-state index >= 15 is 0 Å². The van der Waals surface area contributed by atoms with Crippen molar-refractivity contribution < 1.29 is 9.90 Å². The maximum atomic E-state index is 12.2. The van der Waals surface area contributed by atoms with E-state index in [9.17, 15) is 4.79 Å². The molecule has 0 unspecified atom stereocenters. The number of unbranched alkanes of at least 4 members (excludes halogenated alkanes) is 2. The number of rotatable bonds is 16. The molecule has 0 aliphatic carbocycles. The zero-order chi connectivity index (χ0) is 20.1. The van der Waals surface area contributed by atoms with Crippen LogP contribution in [0.2, 0.25) is 0 Å². The Morgan fingerprint density at radius 1 is 1.00 bits per heavy atom. The number of amides is 1. The monoisotopic (exact) mass is 373 g/mol. The Bertz CT molecular complexity index is 375. The molecule has 0 aliphatic heterocycles. The molecule has 26 heavy (non-hydrogen) atoms. The summed E-state index contributed by atoms with van der Waals surface area (Å²) in [5, 5.41) is 19.0. The average Bonchev–Trinajstić information content (AvgIpc) is 2.56. The summed E-state index contributed by atoms with van der Waals surface area (Å²) >= 11 is 0. The Hall–Kier alpha value is -0.730. The Balaban J connectivity index is 4.15. The van der Waals surface area contributed by atoms with E-state index in [2.05, 4.69) is 43.6 Å². The molecule has 0 radical (unpaired) electrons. The number of hydrogen-bond donors (Lipinski definition) is 5. The third-order valence-corrected chi connectivity index (χ3v) is 4.36. The number of nitrogens with one attached hydrogen (secondary N) is 3. The Morgan fingerprint density at radius 2 is 1.69 bits per heavy atom. The summed E-state index contributed by atoms with van der Waals surface area (Å²) in [4.78, 5) is 14.1. The molecule has 0 bridgehead atoms. The van der Waals surface area contributed by atoms with Gasteiger partial charge in [-0.15, -0.1) is 0 Å². The molecule has 0 aromatic heterocycles. The molecule has 0 heterocycles. The smallest absolute Gasteiger partial charge is 0.222 e. The lowest BCUT2D eigenvalue weighted by Gasteiger charge is -2.36. The molecule has 7 nitrogen and oxygen atoms in total. The first-order valence-electron chi connectivity index (χ1n) is 9.89. The molecule has 0 atom stereocenters. The molecule has 1 amide bonds. The average molecular weight is 374 g/mol. The molecular weight excluding hydrogens is 330 g/mol. The van der Waals surface area contributed by atoms with E-state index in [-0.39, 0.29) is 23.6 Å². The Labute approximate surface area is 160 Å². The molecule has 0 fully saturated rings. The predicted molar refractivity (Wildman–Crippen MR) is 109 cm³/mol. The van der Waals surface area contributed by atoms with Crippen LogP contribution < -0.4 is 21.7 Å². The minimum Gasteiger partial charge on any atom is -0.395 e. The summed E-state index contributed by atoms with van der Waals surface area (Å²) in [5.74, 6) is 0.198. The number of aliphatic hydroxyl groups excluding tert-OH is 1. The van der Waals surface area contributed by atoms with Crippen LogP contribution in [-0.2, 0) is 4.79 Å². The van der Waals surface area contributed by atoms with E-state index in [4.69, 9.17) is 10.8 Å². The maximum Gasteiger partial charge on any atom is 0.222 e. The minimum absolute atomic E-state index is 0.0526. The van der Waals surface area contributed by atoms with Gasteiger partial charge in [0.25, 0.3) is 0 Å². The number of nitrogens with two attached hydrogens (primary N) is 1. The molecule has 0 saturated heterocycles. The molecule has 7 heteroatoms. The zero-order valence-electron chi connectivity index (χ0n) is 17.7. The van der Waals surface area contributed by atoms with Crippen LogP contribution in [0.4, 0.5) is 0 Å². The van der Waals surface area contributed by atoms with Crippen LogP contribution >= 0.6 is 0 Å². The van der Waals surface area contributed by atoms with Gasteiger partial charge in [0.1, 0.15) is 0 Å². The first-order valence-corrected chi connectivity index (χ1v) is 9.89. The third kappa shape index (κ3) is 13.5. The van der Waals surface area contributed by atoms with Gasteiger partial charge in [-0.25, -0.2) is 0 Å². The molecule has 0 aromatic rings. The summed E-state index contributed by atoms with van der Waals surface area (Å²) < 4.78 is 0. The van der Waals surface area contributed by atoms with Gasteiger partial charge in [0.2, 0.25) is 5.91 Å². The van der Waals surface area contributed by atoms with Crippen LogP contribution in [-0.4, -0.2) is 79.9 Å². The first-order chi connectivity index (χ1) is 12.1. The van der Waals surface area contributed by atoms with Crippen molar-refractivity contribution in [1.82, 2.24) is 20.9 Å². The molecule has 0 aliphatic rings. The fourth-order valence-corrected chi connectivity index (χ4v) is 2.74. The molecule has 6 N–H and O–H groups in total. The fraction of sp³-hybridized carbons (Fsp3) is 0.947. The summed E-state index contributed by atoms with van der Waals surface area (Å²) in [6, 6.07) is 0. The third-order valence-electron chi connectivity index (χ3n) is 4.36. The fourth-order valence-electron chi connectivity index (χ4n) is 2.74. The highest BCUT2D eigenvalue weighted by Crippen LogP contribution is 2.10. The van der Waals surface area contributed by atoms with E-state index < -0.39 is 0 Å². The van der Waals surface area contributed by atoms with Crippen molar-refractivity contribution in [3.8, 4) is 0 Å². The zero-order valence-corrected chi connectivity index (χ0v) is 17.7. The van der Waals surface area contributed by atoms with Crippen LogP contribution in [0.1, 0.15) is 53.4 Å². The summed E-state index contributed by atoms with van der Waals surface area (Å²) in [6.45, 7) is 13.2. The molecule has 0 spiro atoms. The van der Waals surface area contributed by atoms with Gasteiger partial charge in [0.05, 0.1) is 6.61 Å². The Kier molecular flexibility index (Phi) is 13.1. The highest BCUT2D eigenvalue weighted by Gasteiger charge is 2.25. The molecule has 0 saturated carbocycles. The lowest BCUT2D eigenvalue weighted by molar-refractivity contribution is -0.130. The van der Waals surface area contributed by atoms with E-state index in [1.807, 2.05) is 11.9 Å². The van der Waals surface area contributed by atoms with Crippen molar-refractivity contribution in [2.24, 2.45) is 5.73 Å². The largest absolute Gasteiger partial charge is 0.395 e. The second kappa shape index (κ2) is 13.4. The quantitative estimate of drug-likeness (QED) is 0.249. The van der Waals surface area contributed by atoms with Crippen LogP contribution in [0.15, 0.2) is 0 Å². The number of hydrogen-bond acceptors (Lipinski definition) is 6. The normalized spacial score (nSPS) is 12.4. The van der Waals surface area contributed by atoms with Gasteiger partial charge in [-0.1, -0.05) is 6.42 Å².